The van der Waals surface area contributed by atoms with E-state index in [1.54, 1.807) is 6.92 Å². The quantitative estimate of drug-likeness (QED) is 0.541. The monoisotopic (exact) mass is 205 g/mol. The lowest BCUT2D eigenvalue weighted by Crippen LogP contribution is -2.38. The van der Waals surface area contributed by atoms with E-state index in [1.807, 2.05) is 0 Å². The third kappa shape index (κ3) is 4.90. The van der Waals surface area contributed by atoms with Crippen molar-refractivity contribution in [3.8, 4) is 0 Å². The van der Waals surface area contributed by atoms with Crippen LogP contribution in [0.15, 0.2) is 0 Å². The molecule has 0 bridgehead atoms. The standard InChI is InChI=1S/C8H15NO3S/c1-5(4-13)7(10)3-9-6(2)8(11)12/h5-6,9,13H,3-4H2,1-2H3,(H,11,12). The molecule has 0 aliphatic heterocycles. The van der Waals surface area contributed by atoms with E-state index in [2.05, 4.69) is 17.9 Å². The smallest absolute Gasteiger partial charge is 0.320 e. The molecule has 0 aliphatic rings. The number of rotatable bonds is 6. The number of aliphatic carboxylic acids is 1. The molecular formula is C8H15NO3S. The van der Waals surface area contributed by atoms with Crippen LogP contribution in [0.2, 0.25) is 0 Å². The van der Waals surface area contributed by atoms with Gasteiger partial charge in [0, 0.05) is 5.92 Å². The second-order valence-electron chi connectivity index (χ2n) is 2.99. The van der Waals surface area contributed by atoms with Gasteiger partial charge in [-0.25, -0.2) is 0 Å². The van der Waals surface area contributed by atoms with Gasteiger partial charge in [0.1, 0.15) is 11.8 Å². The summed E-state index contributed by atoms with van der Waals surface area (Å²) >= 11 is 3.98. The minimum Gasteiger partial charge on any atom is -0.480 e. The molecule has 0 aromatic carbocycles. The summed E-state index contributed by atoms with van der Waals surface area (Å²) in [5, 5.41) is 11.1. The number of hydrogen-bond donors (Lipinski definition) is 3. The maximum Gasteiger partial charge on any atom is 0.320 e. The van der Waals surface area contributed by atoms with Gasteiger partial charge in [-0.3, -0.25) is 14.9 Å². The van der Waals surface area contributed by atoms with E-state index < -0.39 is 12.0 Å². The van der Waals surface area contributed by atoms with Crippen LogP contribution in [0.5, 0.6) is 0 Å². The van der Waals surface area contributed by atoms with Gasteiger partial charge in [0.15, 0.2) is 0 Å². The van der Waals surface area contributed by atoms with Crippen molar-refractivity contribution in [3.05, 3.63) is 0 Å². The van der Waals surface area contributed by atoms with E-state index in [1.165, 1.54) is 6.92 Å². The van der Waals surface area contributed by atoms with Crippen LogP contribution in [0.3, 0.4) is 0 Å². The van der Waals surface area contributed by atoms with Crippen molar-refractivity contribution in [2.45, 2.75) is 19.9 Å². The van der Waals surface area contributed by atoms with Crippen LogP contribution in [0.1, 0.15) is 13.8 Å². The maximum atomic E-state index is 11.2. The van der Waals surface area contributed by atoms with Crippen LogP contribution in [0.4, 0.5) is 0 Å². The molecule has 2 N–H and O–H groups in total. The first-order chi connectivity index (χ1) is 5.99. The summed E-state index contributed by atoms with van der Waals surface area (Å²) in [5.41, 5.74) is 0. The molecule has 5 heteroatoms. The molecule has 0 aliphatic carbocycles. The van der Waals surface area contributed by atoms with Crippen molar-refractivity contribution in [3.63, 3.8) is 0 Å². The molecule has 0 aromatic rings. The summed E-state index contributed by atoms with van der Waals surface area (Å²) in [4.78, 5) is 21.6. The van der Waals surface area contributed by atoms with Crippen LogP contribution in [-0.2, 0) is 9.59 Å². The highest BCUT2D eigenvalue weighted by atomic mass is 32.1. The zero-order valence-corrected chi connectivity index (χ0v) is 8.67. The van der Waals surface area contributed by atoms with Gasteiger partial charge >= 0.3 is 5.97 Å². The summed E-state index contributed by atoms with van der Waals surface area (Å²) in [6, 6.07) is -0.684. The highest BCUT2D eigenvalue weighted by molar-refractivity contribution is 7.80. The molecule has 2 atom stereocenters. The van der Waals surface area contributed by atoms with Crippen molar-refractivity contribution in [1.82, 2.24) is 5.32 Å². The fourth-order valence-corrected chi connectivity index (χ4v) is 0.821. The van der Waals surface area contributed by atoms with Gasteiger partial charge in [0.05, 0.1) is 6.54 Å². The molecule has 2 unspecified atom stereocenters. The number of carbonyl (C=O) groups excluding carboxylic acids is 1. The largest absolute Gasteiger partial charge is 0.480 e. The second-order valence-corrected chi connectivity index (χ2v) is 3.36. The Morgan fingerprint density at radius 2 is 2.00 bits per heavy atom. The third-order valence-corrected chi connectivity index (χ3v) is 2.32. The Balaban J connectivity index is 3.76. The van der Waals surface area contributed by atoms with E-state index >= 15 is 0 Å². The summed E-state index contributed by atoms with van der Waals surface area (Å²) in [6.07, 6.45) is 0. The summed E-state index contributed by atoms with van der Waals surface area (Å²) < 4.78 is 0. The van der Waals surface area contributed by atoms with Gasteiger partial charge < -0.3 is 5.11 Å². The Bertz CT molecular complexity index is 196. The molecule has 0 spiro atoms. The highest BCUT2D eigenvalue weighted by Gasteiger charge is 2.14. The second kappa shape index (κ2) is 5.99. The lowest BCUT2D eigenvalue weighted by atomic mass is 10.1. The fraction of sp³-hybridized carbons (Fsp3) is 0.750. The number of thiol groups is 1. The molecule has 0 saturated heterocycles. The lowest BCUT2D eigenvalue weighted by Gasteiger charge is -2.10. The maximum absolute atomic E-state index is 11.2. The summed E-state index contributed by atoms with van der Waals surface area (Å²) in [7, 11) is 0. The number of carboxylic acids is 1. The predicted molar refractivity (Wildman–Crippen MR) is 53.1 cm³/mol. The SMILES string of the molecule is CC(CS)C(=O)CNC(C)C(=O)O. The number of hydrogen-bond acceptors (Lipinski definition) is 4. The molecule has 0 radical (unpaired) electrons. The molecule has 0 fully saturated rings. The normalized spacial score (nSPS) is 15.0. The van der Waals surface area contributed by atoms with Crippen molar-refractivity contribution < 1.29 is 14.7 Å². The zero-order valence-electron chi connectivity index (χ0n) is 7.78. The van der Waals surface area contributed by atoms with Crippen LogP contribution in [-0.4, -0.2) is 35.2 Å². The molecule has 0 aromatic heterocycles. The minimum atomic E-state index is -0.952. The van der Waals surface area contributed by atoms with Crippen LogP contribution in [0.25, 0.3) is 0 Å². The fourth-order valence-electron chi connectivity index (χ4n) is 0.617. The first kappa shape index (κ1) is 12.4. The van der Waals surface area contributed by atoms with Gasteiger partial charge in [-0.1, -0.05) is 6.92 Å². The van der Waals surface area contributed by atoms with E-state index in [9.17, 15) is 9.59 Å². The van der Waals surface area contributed by atoms with Crippen molar-refractivity contribution in [2.75, 3.05) is 12.3 Å². The topological polar surface area (TPSA) is 66.4 Å². The number of carbonyl (C=O) groups is 2. The average molecular weight is 205 g/mol. The Morgan fingerprint density at radius 1 is 1.46 bits per heavy atom. The predicted octanol–water partition coefficient (Wildman–Crippen LogP) is 0.184. The third-order valence-electron chi connectivity index (χ3n) is 1.78. The van der Waals surface area contributed by atoms with Gasteiger partial charge in [0.2, 0.25) is 0 Å². The number of nitrogens with one attached hydrogen (secondary N) is 1. The van der Waals surface area contributed by atoms with Crippen LogP contribution < -0.4 is 5.32 Å². The number of ketones is 1. The molecule has 0 rings (SSSR count). The van der Waals surface area contributed by atoms with E-state index in [4.69, 9.17) is 5.11 Å². The molecule has 0 amide bonds. The molecule has 4 nitrogen and oxygen atoms in total. The molecular weight excluding hydrogens is 190 g/mol. The summed E-state index contributed by atoms with van der Waals surface area (Å²) in [5.74, 6) is -0.603. The van der Waals surface area contributed by atoms with Gasteiger partial charge in [-0.15, -0.1) is 0 Å². The number of Topliss-reactive ketones (excluding diaryl/α,β-unsaturated/α-hetero) is 1. The Hall–Kier alpha value is -0.550. The molecule has 0 saturated carbocycles. The Labute approximate surface area is 83.1 Å². The van der Waals surface area contributed by atoms with Gasteiger partial charge in [0.25, 0.3) is 0 Å². The number of carboxylic acid groups (broad SMARTS) is 1. The Kier molecular flexibility index (Phi) is 5.73. The molecule has 13 heavy (non-hydrogen) atoms. The van der Waals surface area contributed by atoms with Crippen molar-refractivity contribution in [1.29, 1.82) is 0 Å². The Morgan fingerprint density at radius 3 is 2.38 bits per heavy atom. The van der Waals surface area contributed by atoms with E-state index in [0.717, 1.165) is 0 Å². The first-order valence-electron chi connectivity index (χ1n) is 4.08. The first-order valence-corrected chi connectivity index (χ1v) is 4.72. The van der Waals surface area contributed by atoms with Crippen LogP contribution in [0, 0.1) is 5.92 Å². The zero-order chi connectivity index (χ0) is 10.4. The highest BCUT2D eigenvalue weighted by Crippen LogP contribution is 1.98. The summed E-state index contributed by atoms with van der Waals surface area (Å²) in [6.45, 7) is 3.36. The van der Waals surface area contributed by atoms with Crippen LogP contribution >= 0.6 is 12.6 Å². The van der Waals surface area contributed by atoms with Crippen molar-refractivity contribution >= 4 is 24.4 Å². The van der Waals surface area contributed by atoms with Crippen molar-refractivity contribution in [2.24, 2.45) is 5.92 Å². The molecule has 76 valence electrons. The van der Waals surface area contributed by atoms with Gasteiger partial charge in [-0.05, 0) is 12.7 Å². The van der Waals surface area contributed by atoms with E-state index in [0.29, 0.717) is 5.75 Å². The minimum absolute atomic E-state index is 0.0110. The van der Waals surface area contributed by atoms with Gasteiger partial charge in [-0.2, -0.15) is 12.6 Å². The van der Waals surface area contributed by atoms with E-state index in [-0.39, 0.29) is 18.2 Å². The molecule has 0 heterocycles. The average Bonchev–Trinajstić information content (AvgIpc) is 2.11. The lowest BCUT2D eigenvalue weighted by molar-refractivity contribution is -0.139.